The van der Waals surface area contributed by atoms with Gasteiger partial charge in [-0.3, -0.25) is 0 Å². The van der Waals surface area contributed by atoms with Crippen LogP contribution in [-0.2, 0) is 6.42 Å². The van der Waals surface area contributed by atoms with Crippen molar-refractivity contribution in [3.63, 3.8) is 0 Å². The third-order valence-electron chi connectivity index (χ3n) is 3.53. The van der Waals surface area contributed by atoms with Gasteiger partial charge in [-0.2, -0.15) is 0 Å². The molecule has 1 nitrogen and oxygen atoms in total. The minimum atomic E-state index is -0.284. The van der Waals surface area contributed by atoms with E-state index in [2.05, 4.69) is 31.3 Å². The lowest BCUT2D eigenvalue weighted by Gasteiger charge is -2.19. The van der Waals surface area contributed by atoms with Crippen LogP contribution in [0.5, 0.6) is 0 Å². The van der Waals surface area contributed by atoms with Gasteiger partial charge < -0.3 is 5.32 Å². The van der Waals surface area contributed by atoms with Crippen LogP contribution in [0.2, 0.25) is 5.02 Å². The minimum Gasteiger partial charge on any atom is -0.309 e. The van der Waals surface area contributed by atoms with Gasteiger partial charge >= 0.3 is 0 Å². The number of benzene rings is 2. The highest BCUT2D eigenvalue weighted by atomic mass is 35.5. The van der Waals surface area contributed by atoms with Crippen LogP contribution < -0.4 is 5.32 Å². The topological polar surface area (TPSA) is 12.0 Å². The normalized spacial score (nSPS) is 12.7. The van der Waals surface area contributed by atoms with Crippen molar-refractivity contribution in [2.45, 2.75) is 26.3 Å². The molecule has 0 amide bonds. The largest absolute Gasteiger partial charge is 0.309 e. The van der Waals surface area contributed by atoms with Gasteiger partial charge in [0, 0.05) is 10.6 Å². The number of hydrogen-bond acceptors (Lipinski definition) is 1. The first-order valence-corrected chi connectivity index (χ1v) is 7.60. The smallest absolute Gasteiger partial charge is 0.129 e. The lowest BCUT2D eigenvalue weighted by molar-refractivity contribution is 0.576. The van der Waals surface area contributed by atoms with Gasteiger partial charge in [0.25, 0.3) is 0 Å². The van der Waals surface area contributed by atoms with Crippen molar-refractivity contribution in [2.24, 2.45) is 5.92 Å². The fraction of sp³-hybridized carbons (Fsp3) is 0.333. The molecule has 0 bridgehead atoms. The molecule has 0 saturated heterocycles. The second kappa shape index (κ2) is 7.06. The molecule has 0 heterocycles. The van der Waals surface area contributed by atoms with E-state index in [1.54, 1.807) is 12.1 Å². The van der Waals surface area contributed by atoms with Crippen LogP contribution in [0.4, 0.5) is 4.39 Å². The summed E-state index contributed by atoms with van der Waals surface area (Å²) in [5.41, 5.74) is 2.80. The minimum absolute atomic E-state index is 0.244. The Labute approximate surface area is 131 Å². The van der Waals surface area contributed by atoms with Crippen LogP contribution in [0, 0.1) is 11.7 Å². The van der Waals surface area contributed by atoms with Crippen molar-refractivity contribution in [3.05, 3.63) is 70.0 Å². The van der Waals surface area contributed by atoms with Crippen molar-refractivity contribution < 1.29 is 4.39 Å². The van der Waals surface area contributed by atoms with E-state index in [0.29, 0.717) is 16.5 Å². The summed E-state index contributed by atoms with van der Waals surface area (Å²) in [6.45, 7) is 4.40. The van der Waals surface area contributed by atoms with E-state index in [-0.39, 0.29) is 11.9 Å². The molecule has 0 aliphatic rings. The summed E-state index contributed by atoms with van der Waals surface area (Å²) in [4.78, 5) is 0. The average Bonchev–Trinajstić information content (AvgIpc) is 2.44. The molecule has 112 valence electrons. The Bertz CT molecular complexity index is 572. The van der Waals surface area contributed by atoms with Crippen molar-refractivity contribution in [1.82, 2.24) is 5.32 Å². The monoisotopic (exact) mass is 305 g/mol. The predicted octanol–water partition coefficient (Wildman–Crippen LogP) is 4.99. The van der Waals surface area contributed by atoms with Gasteiger partial charge in [0.05, 0.1) is 6.04 Å². The molecule has 0 fully saturated rings. The van der Waals surface area contributed by atoms with Crippen LogP contribution in [-0.4, -0.2) is 7.05 Å². The molecule has 2 aromatic carbocycles. The number of nitrogens with one attached hydrogen (secondary N) is 1. The summed E-state index contributed by atoms with van der Waals surface area (Å²) in [5.74, 6) is 0.338. The lowest BCUT2D eigenvalue weighted by Crippen LogP contribution is -2.19. The van der Waals surface area contributed by atoms with Gasteiger partial charge in [-0.1, -0.05) is 55.8 Å². The molecule has 3 heteroatoms. The Kier molecular flexibility index (Phi) is 5.38. The van der Waals surface area contributed by atoms with Crippen molar-refractivity contribution in [3.8, 4) is 0 Å². The van der Waals surface area contributed by atoms with Gasteiger partial charge in [-0.05, 0) is 42.6 Å². The Morgan fingerprint density at radius 1 is 1.10 bits per heavy atom. The fourth-order valence-corrected chi connectivity index (χ4v) is 2.85. The van der Waals surface area contributed by atoms with Crippen LogP contribution >= 0.6 is 11.6 Å². The molecule has 0 radical (unpaired) electrons. The maximum Gasteiger partial charge on any atom is 0.129 e. The molecule has 1 N–H and O–H groups in total. The van der Waals surface area contributed by atoms with Crippen LogP contribution in [0.3, 0.4) is 0 Å². The van der Waals surface area contributed by atoms with E-state index in [4.69, 9.17) is 11.6 Å². The maximum absolute atomic E-state index is 14.1. The zero-order chi connectivity index (χ0) is 15.4. The van der Waals surface area contributed by atoms with E-state index in [1.165, 1.54) is 11.6 Å². The van der Waals surface area contributed by atoms with Crippen molar-refractivity contribution in [2.75, 3.05) is 7.05 Å². The molecule has 0 aliphatic carbocycles. The number of halogens is 2. The van der Waals surface area contributed by atoms with Gasteiger partial charge in [-0.15, -0.1) is 0 Å². The predicted molar refractivity (Wildman–Crippen MR) is 87.3 cm³/mol. The fourth-order valence-electron chi connectivity index (χ4n) is 2.58. The highest BCUT2D eigenvalue weighted by Crippen LogP contribution is 2.30. The van der Waals surface area contributed by atoms with E-state index in [0.717, 1.165) is 12.0 Å². The third kappa shape index (κ3) is 3.84. The first kappa shape index (κ1) is 16.0. The Morgan fingerprint density at radius 2 is 1.76 bits per heavy atom. The van der Waals surface area contributed by atoms with Gasteiger partial charge in [0.2, 0.25) is 0 Å². The SMILES string of the molecule is CNC(c1ccc(CC(C)C)cc1)c1c(F)cccc1Cl. The van der Waals surface area contributed by atoms with Crippen LogP contribution in [0.1, 0.15) is 36.6 Å². The highest BCUT2D eigenvalue weighted by Gasteiger charge is 2.19. The van der Waals surface area contributed by atoms with E-state index in [9.17, 15) is 4.39 Å². The van der Waals surface area contributed by atoms with Gasteiger partial charge in [-0.25, -0.2) is 4.39 Å². The highest BCUT2D eigenvalue weighted by molar-refractivity contribution is 6.31. The molecule has 2 aromatic rings. The van der Waals surface area contributed by atoms with Crippen molar-refractivity contribution in [1.29, 1.82) is 0 Å². The van der Waals surface area contributed by atoms with Gasteiger partial charge in [0.15, 0.2) is 0 Å². The summed E-state index contributed by atoms with van der Waals surface area (Å²) in [5, 5.41) is 3.60. The Balaban J connectivity index is 2.33. The van der Waals surface area contributed by atoms with Crippen LogP contribution in [0.15, 0.2) is 42.5 Å². The van der Waals surface area contributed by atoms with E-state index < -0.39 is 0 Å². The molecule has 0 aliphatic heterocycles. The standard InChI is InChI=1S/C18H21ClFN/c1-12(2)11-13-7-9-14(10-8-13)18(21-3)17-15(19)5-4-6-16(17)20/h4-10,12,18,21H,11H2,1-3H3. The number of hydrogen-bond donors (Lipinski definition) is 1. The second-order valence-corrected chi connectivity index (χ2v) is 6.10. The van der Waals surface area contributed by atoms with E-state index in [1.807, 2.05) is 19.2 Å². The summed E-state index contributed by atoms with van der Waals surface area (Å²) < 4.78 is 14.1. The molecular formula is C18H21ClFN. The molecule has 0 spiro atoms. The molecule has 2 rings (SSSR count). The first-order valence-electron chi connectivity index (χ1n) is 7.23. The maximum atomic E-state index is 14.1. The Hall–Kier alpha value is -1.38. The molecule has 0 aromatic heterocycles. The zero-order valence-electron chi connectivity index (χ0n) is 12.7. The summed E-state index contributed by atoms with van der Waals surface area (Å²) in [7, 11) is 1.81. The lowest BCUT2D eigenvalue weighted by atomic mass is 9.95. The first-order chi connectivity index (χ1) is 10.0. The summed E-state index contributed by atoms with van der Waals surface area (Å²) >= 11 is 6.17. The van der Waals surface area contributed by atoms with E-state index >= 15 is 0 Å². The third-order valence-corrected chi connectivity index (χ3v) is 3.86. The quantitative estimate of drug-likeness (QED) is 0.821. The summed E-state index contributed by atoms with van der Waals surface area (Å²) in [6, 6.07) is 12.8. The second-order valence-electron chi connectivity index (χ2n) is 5.70. The summed E-state index contributed by atoms with van der Waals surface area (Å²) in [6.07, 6.45) is 1.05. The molecule has 0 saturated carbocycles. The van der Waals surface area contributed by atoms with Crippen LogP contribution in [0.25, 0.3) is 0 Å². The molecule has 1 atom stereocenters. The average molecular weight is 306 g/mol. The molecular weight excluding hydrogens is 285 g/mol. The Morgan fingerprint density at radius 3 is 2.29 bits per heavy atom. The molecule has 1 unspecified atom stereocenters. The van der Waals surface area contributed by atoms with Gasteiger partial charge in [0.1, 0.15) is 5.82 Å². The zero-order valence-corrected chi connectivity index (χ0v) is 13.4. The number of rotatable bonds is 5. The van der Waals surface area contributed by atoms with Crippen molar-refractivity contribution >= 4 is 11.6 Å². The molecule has 21 heavy (non-hydrogen) atoms.